The van der Waals surface area contributed by atoms with Gasteiger partial charge in [0.15, 0.2) is 0 Å². The van der Waals surface area contributed by atoms with E-state index < -0.39 is 0 Å². The first-order valence-electron chi connectivity index (χ1n) is 6.13. The number of pyridine rings is 1. The van der Waals surface area contributed by atoms with Crippen LogP contribution in [0, 0.1) is 0 Å². The second-order valence-electron chi connectivity index (χ2n) is 4.42. The van der Waals surface area contributed by atoms with Gasteiger partial charge >= 0.3 is 0 Å². The highest BCUT2D eigenvalue weighted by Crippen LogP contribution is 2.13. The zero-order valence-electron chi connectivity index (χ0n) is 10.1. The summed E-state index contributed by atoms with van der Waals surface area (Å²) >= 11 is 3.80. The number of likely N-dealkylation sites (tertiary alicyclic amines) is 1. The van der Waals surface area contributed by atoms with Gasteiger partial charge in [-0.2, -0.15) is 0 Å². The zero-order chi connectivity index (χ0) is 13.0. The summed E-state index contributed by atoms with van der Waals surface area (Å²) in [6.07, 6.45) is 5.09. The normalized spacial score (nSPS) is 15.5. The molecule has 1 aromatic rings. The first-order chi connectivity index (χ1) is 8.68. The molecule has 0 saturated carbocycles. The van der Waals surface area contributed by atoms with Gasteiger partial charge in [-0.3, -0.25) is 14.6 Å². The van der Waals surface area contributed by atoms with E-state index in [1.807, 2.05) is 4.90 Å². The maximum Gasteiger partial charge on any atom is 0.228 e. The standard InChI is InChI=1S/C13H16N2O2S/c16-12(15-7-2-1-3-8-15)9-11-10(13(17)18)5-4-6-14-11/h4-6H,1-3,7-9H2,(H,17,18). The third-order valence-corrected chi connectivity index (χ3v) is 3.39. The highest BCUT2D eigenvalue weighted by molar-refractivity contribution is 7.97. The van der Waals surface area contributed by atoms with Crippen molar-refractivity contribution >= 4 is 23.7 Å². The molecule has 4 nitrogen and oxygen atoms in total. The molecular formula is C13H16N2O2S. The van der Waals surface area contributed by atoms with Crippen molar-refractivity contribution in [2.75, 3.05) is 13.1 Å². The Hall–Kier alpha value is -1.36. The molecule has 1 aliphatic heterocycles. The van der Waals surface area contributed by atoms with Crippen molar-refractivity contribution < 1.29 is 9.59 Å². The highest BCUT2D eigenvalue weighted by Gasteiger charge is 2.19. The van der Waals surface area contributed by atoms with Gasteiger partial charge in [0.25, 0.3) is 0 Å². The van der Waals surface area contributed by atoms with Crippen LogP contribution in [0.15, 0.2) is 18.3 Å². The van der Waals surface area contributed by atoms with E-state index in [0.29, 0.717) is 11.3 Å². The summed E-state index contributed by atoms with van der Waals surface area (Å²) in [5.74, 6) is 0.0456. The summed E-state index contributed by atoms with van der Waals surface area (Å²) in [6, 6.07) is 3.33. The van der Waals surface area contributed by atoms with Crippen LogP contribution in [0.5, 0.6) is 0 Å². The number of nitrogens with zero attached hydrogens (tertiary/aromatic N) is 2. The number of amides is 1. The lowest BCUT2D eigenvalue weighted by molar-refractivity contribution is -0.131. The number of thiol groups is 1. The van der Waals surface area contributed by atoms with E-state index in [0.717, 1.165) is 25.9 Å². The van der Waals surface area contributed by atoms with E-state index >= 15 is 0 Å². The molecule has 0 radical (unpaired) electrons. The SMILES string of the molecule is O=C(S)c1cccnc1CC(=O)N1CCCCC1. The Morgan fingerprint density at radius 2 is 2.00 bits per heavy atom. The predicted molar refractivity (Wildman–Crippen MR) is 71.7 cm³/mol. The minimum Gasteiger partial charge on any atom is -0.342 e. The highest BCUT2D eigenvalue weighted by atomic mass is 32.1. The van der Waals surface area contributed by atoms with Gasteiger partial charge in [-0.05, 0) is 31.4 Å². The Bertz CT molecular complexity index is 456. The molecule has 1 amide bonds. The van der Waals surface area contributed by atoms with E-state index in [-0.39, 0.29) is 17.4 Å². The fourth-order valence-corrected chi connectivity index (χ4v) is 2.38. The number of piperidine rings is 1. The molecule has 1 aromatic heterocycles. The molecule has 0 aromatic carbocycles. The first kappa shape index (κ1) is 13.1. The molecule has 0 bridgehead atoms. The van der Waals surface area contributed by atoms with E-state index in [4.69, 9.17) is 0 Å². The number of aromatic nitrogens is 1. The van der Waals surface area contributed by atoms with Gasteiger partial charge in [0, 0.05) is 19.3 Å². The number of hydrogen-bond acceptors (Lipinski definition) is 3. The number of hydrogen-bond donors (Lipinski definition) is 1. The first-order valence-corrected chi connectivity index (χ1v) is 6.58. The quantitative estimate of drug-likeness (QED) is 0.846. The van der Waals surface area contributed by atoms with Gasteiger partial charge in [0.05, 0.1) is 17.7 Å². The average molecular weight is 264 g/mol. The van der Waals surface area contributed by atoms with Crippen molar-refractivity contribution in [3.8, 4) is 0 Å². The molecule has 1 aliphatic rings. The molecule has 0 atom stereocenters. The Kier molecular flexibility index (Phi) is 4.36. The van der Waals surface area contributed by atoms with Crippen molar-refractivity contribution in [2.45, 2.75) is 25.7 Å². The van der Waals surface area contributed by atoms with Gasteiger partial charge in [0.2, 0.25) is 11.0 Å². The number of carbonyl (C=O) groups is 2. The lowest BCUT2D eigenvalue weighted by atomic mass is 10.1. The van der Waals surface area contributed by atoms with Gasteiger partial charge in [0.1, 0.15) is 0 Å². The predicted octanol–water partition coefficient (Wildman–Crippen LogP) is 1.71. The lowest BCUT2D eigenvalue weighted by Crippen LogP contribution is -2.37. The number of rotatable bonds is 3. The monoisotopic (exact) mass is 264 g/mol. The van der Waals surface area contributed by atoms with Crippen molar-refractivity contribution in [3.63, 3.8) is 0 Å². The smallest absolute Gasteiger partial charge is 0.228 e. The molecule has 0 N–H and O–H groups in total. The van der Waals surface area contributed by atoms with Crippen LogP contribution in [0.3, 0.4) is 0 Å². The van der Waals surface area contributed by atoms with Crippen LogP contribution in [-0.4, -0.2) is 34.0 Å². The van der Waals surface area contributed by atoms with Crippen molar-refractivity contribution in [1.82, 2.24) is 9.88 Å². The molecular weight excluding hydrogens is 248 g/mol. The Morgan fingerprint density at radius 3 is 2.67 bits per heavy atom. The molecule has 2 heterocycles. The van der Waals surface area contributed by atoms with Gasteiger partial charge in [-0.15, -0.1) is 12.6 Å². The van der Waals surface area contributed by atoms with Crippen LogP contribution in [0.4, 0.5) is 0 Å². The van der Waals surface area contributed by atoms with Crippen LogP contribution >= 0.6 is 12.6 Å². The third kappa shape index (κ3) is 3.10. The molecule has 0 spiro atoms. The maximum atomic E-state index is 12.1. The second-order valence-corrected chi connectivity index (χ2v) is 4.83. The molecule has 96 valence electrons. The van der Waals surface area contributed by atoms with Crippen LogP contribution in [0.25, 0.3) is 0 Å². The molecule has 18 heavy (non-hydrogen) atoms. The van der Waals surface area contributed by atoms with Crippen LogP contribution in [-0.2, 0) is 11.2 Å². The maximum absolute atomic E-state index is 12.1. The summed E-state index contributed by atoms with van der Waals surface area (Å²) in [5.41, 5.74) is 0.944. The topological polar surface area (TPSA) is 50.3 Å². The summed E-state index contributed by atoms with van der Waals surface area (Å²) in [5, 5.41) is -0.343. The Balaban J connectivity index is 2.08. The Morgan fingerprint density at radius 1 is 1.28 bits per heavy atom. The summed E-state index contributed by atoms with van der Waals surface area (Å²) < 4.78 is 0. The molecule has 1 saturated heterocycles. The van der Waals surface area contributed by atoms with Crippen molar-refractivity contribution in [3.05, 3.63) is 29.6 Å². The minimum atomic E-state index is -0.343. The average Bonchev–Trinajstić information content (AvgIpc) is 2.40. The van der Waals surface area contributed by atoms with Crippen molar-refractivity contribution in [2.24, 2.45) is 0 Å². The Labute approximate surface area is 112 Å². The molecule has 1 fully saturated rings. The molecule has 0 unspecified atom stereocenters. The number of carbonyl (C=O) groups excluding carboxylic acids is 2. The van der Waals surface area contributed by atoms with Gasteiger partial charge < -0.3 is 4.90 Å². The van der Waals surface area contributed by atoms with Crippen LogP contribution < -0.4 is 0 Å². The molecule has 2 rings (SSSR count). The minimum absolute atomic E-state index is 0.0456. The van der Waals surface area contributed by atoms with Crippen LogP contribution in [0.2, 0.25) is 0 Å². The van der Waals surface area contributed by atoms with Crippen LogP contribution in [0.1, 0.15) is 35.3 Å². The fourth-order valence-electron chi connectivity index (χ4n) is 2.17. The lowest BCUT2D eigenvalue weighted by Gasteiger charge is -2.26. The summed E-state index contributed by atoms with van der Waals surface area (Å²) in [6.45, 7) is 1.63. The van der Waals surface area contributed by atoms with Gasteiger partial charge in [-0.25, -0.2) is 0 Å². The largest absolute Gasteiger partial charge is 0.342 e. The van der Waals surface area contributed by atoms with E-state index in [9.17, 15) is 9.59 Å². The fraction of sp³-hybridized carbons (Fsp3) is 0.462. The second kappa shape index (κ2) is 6.00. The van der Waals surface area contributed by atoms with E-state index in [2.05, 4.69) is 17.6 Å². The van der Waals surface area contributed by atoms with Crippen molar-refractivity contribution in [1.29, 1.82) is 0 Å². The van der Waals surface area contributed by atoms with E-state index in [1.165, 1.54) is 6.42 Å². The third-order valence-electron chi connectivity index (χ3n) is 3.15. The molecule has 5 heteroatoms. The zero-order valence-corrected chi connectivity index (χ0v) is 11.0. The van der Waals surface area contributed by atoms with Gasteiger partial charge in [-0.1, -0.05) is 0 Å². The van der Waals surface area contributed by atoms with E-state index in [1.54, 1.807) is 18.3 Å². The summed E-state index contributed by atoms with van der Waals surface area (Å²) in [4.78, 5) is 29.4. The molecule has 0 aliphatic carbocycles. The summed E-state index contributed by atoms with van der Waals surface area (Å²) in [7, 11) is 0.